The Kier molecular flexibility index (Phi) is 5.74. The summed E-state index contributed by atoms with van der Waals surface area (Å²) in [6.45, 7) is 3.28. The number of alkyl halides is 3. The van der Waals surface area contributed by atoms with Crippen LogP contribution in [0, 0.1) is 0 Å². The van der Waals surface area contributed by atoms with Gasteiger partial charge in [-0.05, 0) is 52.0 Å². The predicted molar refractivity (Wildman–Crippen MR) is 84.8 cm³/mol. The van der Waals surface area contributed by atoms with Crippen LogP contribution in [0.15, 0.2) is 24.3 Å². The molecule has 0 radical (unpaired) electrons. The van der Waals surface area contributed by atoms with Crippen LogP contribution < -0.4 is 4.74 Å². The fourth-order valence-electron chi connectivity index (χ4n) is 2.89. The van der Waals surface area contributed by atoms with E-state index in [1.165, 1.54) is 25.1 Å². The van der Waals surface area contributed by atoms with Gasteiger partial charge in [-0.1, -0.05) is 12.1 Å². The van der Waals surface area contributed by atoms with Gasteiger partial charge >= 0.3 is 6.18 Å². The number of amides is 1. The first-order valence-corrected chi connectivity index (χ1v) is 7.98. The number of likely N-dealkylation sites (tertiary alicyclic amines) is 1. The van der Waals surface area contributed by atoms with Crippen LogP contribution in [0.4, 0.5) is 13.2 Å². The van der Waals surface area contributed by atoms with Crippen molar-refractivity contribution in [1.29, 1.82) is 0 Å². The van der Waals surface area contributed by atoms with E-state index in [9.17, 15) is 18.0 Å². The minimum Gasteiger partial charge on any atom is -0.480 e. The second kappa shape index (κ2) is 7.42. The minimum absolute atomic E-state index is 0.0950. The number of carbonyl (C=O) groups excluding carboxylic acids is 1. The maximum Gasteiger partial charge on any atom is 0.419 e. The Morgan fingerprint density at radius 1 is 1.29 bits per heavy atom. The van der Waals surface area contributed by atoms with E-state index in [4.69, 9.17) is 4.74 Å². The van der Waals surface area contributed by atoms with Gasteiger partial charge in [0, 0.05) is 13.1 Å². The Bertz CT molecular complexity index is 569. The second-order valence-electron chi connectivity index (χ2n) is 6.24. The van der Waals surface area contributed by atoms with E-state index in [1.807, 2.05) is 7.05 Å². The number of benzene rings is 1. The van der Waals surface area contributed by atoms with Gasteiger partial charge in [0.05, 0.1) is 5.56 Å². The number of halogens is 3. The van der Waals surface area contributed by atoms with Crippen LogP contribution in [0.3, 0.4) is 0 Å². The van der Waals surface area contributed by atoms with Gasteiger partial charge in [0.2, 0.25) is 0 Å². The van der Waals surface area contributed by atoms with Crippen molar-refractivity contribution in [3.8, 4) is 5.75 Å². The third-order valence-corrected chi connectivity index (χ3v) is 4.43. The molecule has 0 spiro atoms. The number of hydrogen-bond acceptors (Lipinski definition) is 3. The number of likely N-dealkylation sites (N-methyl/N-ethyl adjacent to an activating group) is 1. The van der Waals surface area contributed by atoms with Crippen molar-refractivity contribution < 1.29 is 22.7 Å². The van der Waals surface area contributed by atoms with Crippen LogP contribution >= 0.6 is 0 Å². The SMILES string of the molecule is CC(Oc1ccccc1C(F)(F)F)C(=O)N(C)C1CCN(C)CC1. The summed E-state index contributed by atoms with van der Waals surface area (Å²) in [6, 6.07) is 5.04. The summed E-state index contributed by atoms with van der Waals surface area (Å²) < 4.78 is 44.4. The lowest BCUT2D eigenvalue weighted by atomic mass is 10.0. The molecule has 0 N–H and O–H groups in total. The minimum atomic E-state index is -4.51. The van der Waals surface area contributed by atoms with Crippen LogP contribution in [0.5, 0.6) is 5.75 Å². The van der Waals surface area contributed by atoms with E-state index in [-0.39, 0.29) is 17.7 Å². The lowest BCUT2D eigenvalue weighted by Crippen LogP contribution is -2.48. The lowest BCUT2D eigenvalue weighted by Gasteiger charge is -2.36. The highest BCUT2D eigenvalue weighted by atomic mass is 19.4. The molecule has 7 heteroatoms. The highest BCUT2D eigenvalue weighted by Gasteiger charge is 2.35. The molecule has 24 heavy (non-hydrogen) atoms. The van der Waals surface area contributed by atoms with Crippen LogP contribution in [0.1, 0.15) is 25.3 Å². The number of nitrogens with zero attached hydrogens (tertiary/aromatic N) is 2. The number of carbonyl (C=O) groups is 1. The first kappa shape index (κ1) is 18.6. The first-order valence-electron chi connectivity index (χ1n) is 7.98. The van der Waals surface area contributed by atoms with E-state index in [0.29, 0.717) is 0 Å². The number of ether oxygens (including phenoxy) is 1. The third-order valence-electron chi connectivity index (χ3n) is 4.43. The van der Waals surface area contributed by atoms with Gasteiger partial charge in [-0.15, -0.1) is 0 Å². The topological polar surface area (TPSA) is 32.8 Å². The lowest BCUT2D eigenvalue weighted by molar-refractivity contribution is -0.144. The maximum atomic E-state index is 13.0. The fraction of sp³-hybridized carbons (Fsp3) is 0.588. The van der Waals surface area contributed by atoms with E-state index >= 15 is 0 Å². The first-order chi connectivity index (χ1) is 11.2. The third kappa shape index (κ3) is 4.41. The highest BCUT2D eigenvalue weighted by Crippen LogP contribution is 2.36. The van der Waals surface area contributed by atoms with Crippen LogP contribution in [0.2, 0.25) is 0 Å². The molecular formula is C17H23F3N2O2. The molecular weight excluding hydrogens is 321 g/mol. The molecule has 1 aromatic rings. The summed E-state index contributed by atoms with van der Waals surface area (Å²) in [5, 5.41) is 0. The Morgan fingerprint density at radius 2 is 1.88 bits per heavy atom. The monoisotopic (exact) mass is 344 g/mol. The molecule has 1 heterocycles. The Morgan fingerprint density at radius 3 is 2.46 bits per heavy atom. The van der Waals surface area contributed by atoms with Crippen molar-refractivity contribution in [2.75, 3.05) is 27.2 Å². The summed E-state index contributed by atoms with van der Waals surface area (Å²) in [5.41, 5.74) is -0.869. The zero-order chi connectivity index (χ0) is 17.9. The predicted octanol–water partition coefficient (Wildman–Crippen LogP) is 3.03. The Balaban J connectivity index is 2.04. The molecule has 1 amide bonds. The average molecular weight is 344 g/mol. The molecule has 0 aromatic heterocycles. The fourth-order valence-corrected chi connectivity index (χ4v) is 2.89. The molecule has 0 aliphatic carbocycles. The van der Waals surface area contributed by atoms with Gasteiger partial charge in [0.25, 0.3) is 5.91 Å². The molecule has 1 fully saturated rings. The van der Waals surface area contributed by atoms with Gasteiger partial charge in [-0.3, -0.25) is 4.79 Å². The van der Waals surface area contributed by atoms with Crippen molar-refractivity contribution in [3.63, 3.8) is 0 Å². The molecule has 1 atom stereocenters. The van der Waals surface area contributed by atoms with Gasteiger partial charge in [-0.25, -0.2) is 0 Å². The molecule has 4 nitrogen and oxygen atoms in total. The van der Waals surface area contributed by atoms with Crippen LogP contribution in [-0.4, -0.2) is 55.0 Å². The number of piperidine rings is 1. The summed E-state index contributed by atoms with van der Waals surface area (Å²) in [5.74, 6) is -0.621. The van der Waals surface area contributed by atoms with Crippen LogP contribution in [-0.2, 0) is 11.0 Å². The molecule has 2 rings (SSSR count). The zero-order valence-electron chi connectivity index (χ0n) is 14.1. The van der Waals surface area contributed by atoms with Crippen molar-refractivity contribution in [3.05, 3.63) is 29.8 Å². The van der Waals surface area contributed by atoms with Crippen LogP contribution in [0.25, 0.3) is 0 Å². The molecule has 1 saturated heterocycles. The second-order valence-corrected chi connectivity index (χ2v) is 6.24. The maximum absolute atomic E-state index is 13.0. The highest BCUT2D eigenvalue weighted by molar-refractivity contribution is 5.81. The van der Waals surface area contributed by atoms with Gasteiger partial charge in [0.1, 0.15) is 5.75 Å². The van der Waals surface area contributed by atoms with E-state index in [2.05, 4.69) is 4.90 Å². The molecule has 0 saturated carbocycles. The number of hydrogen-bond donors (Lipinski definition) is 0. The largest absolute Gasteiger partial charge is 0.480 e. The van der Waals surface area contributed by atoms with Gasteiger partial charge in [0.15, 0.2) is 6.10 Å². The van der Waals surface area contributed by atoms with E-state index in [1.54, 1.807) is 11.9 Å². The molecule has 1 aliphatic heterocycles. The Labute approximate surface area is 140 Å². The number of para-hydroxylation sites is 1. The summed E-state index contributed by atoms with van der Waals surface area (Å²) >= 11 is 0. The quantitative estimate of drug-likeness (QED) is 0.842. The zero-order valence-corrected chi connectivity index (χ0v) is 14.1. The van der Waals surface area contributed by atoms with Gasteiger partial charge in [-0.2, -0.15) is 13.2 Å². The molecule has 1 aliphatic rings. The smallest absolute Gasteiger partial charge is 0.419 e. The molecule has 134 valence electrons. The number of rotatable bonds is 4. The van der Waals surface area contributed by atoms with Crippen molar-refractivity contribution in [2.45, 2.75) is 38.1 Å². The molecule has 0 bridgehead atoms. The van der Waals surface area contributed by atoms with Crippen molar-refractivity contribution in [1.82, 2.24) is 9.80 Å². The summed E-state index contributed by atoms with van der Waals surface area (Å²) in [6.07, 6.45) is -3.79. The van der Waals surface area contributed by atoms with E-state index < -0.39 is 17.8 Å². The van der Waals surface area contributed by atoms with Gasteiger partial charge < -0.3 is 14.5 Å². The van der Waals surface area contributed by atoms with E-state index in [0.717, 1.165) is 32.0 Å². The standard InChI is InChI=1S/C17H23F3N2O2/c1-12(16(23)22(3)13-8-10-21(2)11-9-13)24-15-7-5-4-6-14(15)17(18,19)20/h4-7,12-13H,8-11H2,1-3H3. The molecule has 1 aromatic carbocycles. The molecule has 1 unspecified atom stereocenters. The average Bonchev–Trinajstić information content (AvgIpc) is 2.53. The normalized spacial score (nSPS) is 18.2. The van der Waals surface area contributed by atoms with Crippen molar-refractivity contribution in [2.24, 2.45) is 0 Å². The van der Waals surface area contributed by atoms with Crippen molar-refractivity contribution >= 4 is 5.91 Å². The summed E-state index contributed by atoms with van der Waals surface area (Å²) in [7, 11) is 3.71. The summed E-state index contributed by atoms with van der Waals surface area (Å²) in [4.78, 5) is 16.3. The Hall–Kier alpha value is -1.76.